The highest BCUT2D eigenvalue weighted by Gasteiger charge is 2.37. The van der Waals surface area contributed by atoms with Crippen molar-refractivity contribution in [2.24, 2.45) is 34.6 Å². The molecule has 29 heteroatoms. The van der Waals surface area contributed by atoms with Gasteiger partial charge >= 0.3 is 5.97 Å². The Labute approximate surface area is 568 Å². The van der Waals surface area contributed by atoms with E-state index in [0.717, 1.165) is 38.5 Å². The van der Waals surface area contributed by atoms with Crippen LogP contribution in [0.3, 0.4) is 0 Å². The maximum Gasteiger partial charge on any atom is 0.326 e. The third-order valence-electron chi connectivity index (χ3n) is 17.5. The number of aliphatic carboxylic acids is 1. The largest absolute Gasteiger partial charge is 0.480 e. The van der Waals surface area contributed by atoms with Crippen LogP contribution in [0.4, 0.5) is 0 Å². The van der Waals surface area contributed by atoms with Crippen molar-refractivity contribution in [3.05, 3.63) is 23.8 Å². The van der Waals surface area contributed by atoms with E-state index in [1.54, 1.807) is 18.2 Å². The number of benzene rings is 1. The van der Waals surface area contributed by atoms with Crippen LogP contribution in [0.5, 0.6) is 11.5 Å². The lowest BCUT2D eigenvalue weighted by molar-refractivity contribution is -0.151. The average Bonchev–Trinajstić information content (AvgIpc) is 1.72. The van der Waals surface area contributed by atoms with Gasteiger partial charge in [0.15, 0.2) is 11.5 Å². The quantitative estimate of drug-likeness (QED) is 0.0325. The number of thiol groups is 1. The number of nitrogens with zero attached hydrogens (tertiary/aromatic N) is 8. The van der Waals surface area contributed by atoms with Gasteiger partial charge in [0.05, 0.1) is 39.3 Å². The molecule has 1 atom stereocenters. The number of carbonyl (C=O) groups is 10. The molecule has 1 heterocycles. The summed E-state index contributed by atoms with van der Waals surface area (Å²) in [5, 5.41) is 15.4. The van der Waals surface area contributed by atoms with Crippen LogP contribution in [-0.4, -0.2) is 265 Å². The molecule has 0 bridgehead atoms. The molecule has 13 N–H and O–H groups in total. The predicted octanol–water partition coefficient (Wildman–Crippen LogP) is 1.04. The van der Waals surface area contributed by atoms with E-state index in [1.807, 2.05) is 13.8 Å². The van der Waals surface area contributed by atoms with Crippen LogP contribution < -0.4 is 48.8 Å². The minimum Gasteiger partial charge on any atom is -0.480 e. The third-order valence-corrected chi connectivity index (χ3v) is 17.7. The predicted molar refractivity (Wildman–Crippen MR) is 365 cm³/mol. The van der Waals surface area contributed by atoms with E-state index in [2.05, 4.69) is 23.3 Å². The topological polar surface area (TPSA) is 389 Å². The smallest absolute Gasteiger partial charge is 0.326 e. The Morgan fingerprint density at radius 2 is 0.874 bits per heavy atom. The second-order valence-corrected chi connectivity index (χ2v) is 26.1. The number of carbonyl (C=O) groups excluding carboxylic acids is 9. The van der Waals surface area contributed by atoms with E-state index < -0.39 is 111 Å². The standard InChI is InChI=1S/C66H115N15O13S/c1-50(2)38-72-39-58(83)75(32-15-10-27-68)42-59(84)76(33-16-11-28-69)43-60(85)77(34-17-12-29-70)44-61(86)78(35-18-13-30-71)45-62(87)79(40-51-23-24-55-56(37-51)94-49-93-55)46-64(89)81(53-21-7-4-8-22-53)48-65(90)80(52-19-5-3-6-20-52)47-63(88)74(31-14-9-26-67)41-57(82)73-54(25-36-95)66(91)92/h23-24,37,50,52-54,72,95H,3-22,25-36,38-49,67-71H2,1-2H3,(H,73,82)(H,91,92). The number of hydrogen-bond donors (Lipinski definition) is 9. The molecule has 4 rings (SSSR count). The first-order chi connectivity index (χ1) is 45.8. The normalized spacial score (nSPS) is 14.2. The highest BCUT2D eigenvalue weighted by molar-refractivity contribution is 7.80. The van der Waals surface area contributed by atoms with E-state index >= 15 is 14.4 Å². The first-order valence-corrected chi connectivity index (χ1v) is 35.4. The van der Waals surface area contributed by atoms with Gasteiger partial charge < -0.3 is 93.1 Å². The lowest BCUT2D eigenvalue weighted by atomic mass is 9.93. The first-order valence-electron chi connectivity index (χ1n) is 34.8. The van der Waals surface area contributed by atoms with Crippen molar-refractivity contribution in [2.75, 3.05) is 143 Å². The molecule has 1 aromatic rings. The molecular formula is C66H115N15O13S. The van der Waals surface area contributed by atoms with Crippen molar-refractivity contribution in [3.8, 4) is 11.5 Å². The number of nitrogens with one attached hydrogen (secondary N) is 2. The van der Waals surface area contributed by atoms with Gasteiger partial charge in [0, 0.05) is 51.4 Å². The molecule has 28 nitrogen and oxygen atoms in total. The summed E-state index contributed by atoms with van der Waals surface area (Å²) in [6.07, 6.45) is 12.5. The Morgan fingerprint density at radius 3 is 1.29 bits per heavy atom. The van der Waals surface area contributed by atoms with E-state index in [1.165, 1.54) is 39.2 Å². The summed E-state index contributed by atoms with van der Waals surface area (Å²) in [7, 11) is 0. The fraction of sp³-hybridized carbons (Fsp3) is 0.758. The van der Waals surface area contributed by atoms with Crippen molar-refractivity contribution in [3.63, 3.8) is 0 Å². The lowest BCUT2D eigenvalue weighted by Gasteiger charge is -2.39. The first kappa shape index (κ1) is 81.1. The zero-order valence-electron chi connectivity index (χ0n) is 56.9. The molecule has 3 aliphatic rings. The van der Waals surface area contributed by atoms with E-state index in [-0.39, 0.29) is 83.3 Å². The van der Waals surface area contributed by atoms with Crippen LogP contribution in [0.1, 0.15) is 154 Å². The molecule has 9 amide bonds. The monoisotopic (exact) mass is 1360 g/mol. The van der Waals surface area contributed by atoms with Gasteiger partial charge in [-0.25, -0.2) is 4.79 Å². The SMILES string of the molecule is CC(C)CNCC(=O)N(CCCCN)CC(=O)N(CCCCN)CC(=O)N(CCCCN)CC(=O)N(CCCCN)CC(=O)N(CC(=O)N(CC(=O)N(CC(=O)N(CCCCN)CC(=O)NC(CCS)C(=O)O)C1CCCCC1)C1CCCCC1)Cc1ccc2c(c1)OCO2. The van der Waals surface area contributed by atoms with Gasteiger partial charge in [-0.15, -0.1) is 0 Å². The van der Waals surface area contributed by atoms with Gasteiger partial charge in [-0.3, -0.25) is 43.2 Å². The van der Waals surface area contributed by atoms with Crippen molar-refractivity contribution >= 4 is 71.8 Å². The maximum atomic E-state index is 15.4. The van der Waals surface area contributed by atoms with Crippen LogP contribution in [0, 0.1) is 5.92 Å². The fourth-order valence-electron chi connectivity index (χ4n) is 12.0. The number of nitrogens with two attached hydrogens (primary N) is 5. The minimum atomic E-state index is -1.24. The highest BCUT2D eigenvalue weighted by atomic mass is 32.1. The number of carboxylic acid groups (broad SMARTS) is 1. The van der Waals surface area contributed by atoms with Crippen molar-refractivity contribution in [2.45, 2.75) is 173 Å². The van der Waals surface area contributed by atoms with Crippen LogP contribution in [0.15, 0.2) is 18.2 Å². The van der Waals surface area contributed by atoms with Gasteiger partial charge in [-0.05, 0) is 165 Å². The Bertz CT molecular complexity index is 2540. The average molecular weight is 1360 g/mol. The number of amides is 9. The van der Waals surface area contributed by atoms with E-state index in [0.29, 0.717) is 152 Å². The van der Waals surface area contributed by atoms with Crippen LogP contribution in [0.2, 0.25) is 0 Å². The Balaban J connectivity index is 1.69. The molecule has 1 unspecified atom stereocenters. The molecule has 0 aromatic heterocycles. The number of carboxylic acids is 1. The van der Waals surface area contributed by atoms with Gasteiger partial charge in [0.2, 0.25) is 60.0 Å². The summed E-state index contributed by atoms with van der Waals surface area (Å²) >= 11 is 4.14. The van der Waals surface area contributed by atoms with Crippen molar-refractivity contribution < 1.29 is 62.5 Å². The number of unbranched alkanes of at least 4 members (excludes halogenated alkanes) is 5. The van der Waals surface area contributed by atoms with E-state index in [4.69, 9.17) is 38.1 Å². The van der Waals surface area contributed by atoms with Crippen LogP contribution >= 0.6 is 12.6 Å². The van der Waals surface area contributed by atoms with Crippen LogP contribution in [0.25, 0.3) is 0 Å². The van der Waals surface area contributed by atoms with Crippen LogP contribution in [-0.2, 0) is 54.5 Å². The lowest BCUT2D eigenvalue weighted by Crippen LogP contribution is -2.56. The van der Waals surface area contributed by atoms with E-state index in [9.17, 15) is 38.7 Å². The zero-order valence-corrected chi connectivity index (χ0v) is 57.8. The summed E-state index contributed by atoms with van der Waals surface area (Å²) in [4.78, 5) is 155. The number of ether oxygens (including phenoxy) is 2. The van der Waals surface area contributed by atoms with Gasteiger partial charge in [0.25, 0.3) is 0 Å². The Hall–Kier alpha value is -6.37. The maximum absolute atomic E-state index is 15.4. The summed E-state index contributed by atoms with van der Waals surface area (Å²) < 4.78 is 11.3. The minimum absolute atomic E-state index is 0.0145. The second kappa shape index (κ2) is 46.0. The third kappa shape index (κ3) is 29.9. The number of hydrogen-bond acceptors (Lipinski definition) is 19. The van der Waals surface area contributed by atoms with Gasteiger partial charge in [-0.2, -0.15) is 12.6 Å². The second-order valence-electron chi connectivity index (χ2n) is 25.6. The molecule has 0 saturated heterocycles. The molecule has 0 radical (unpaired) electrons. The van der Waals surface area contributed by atoms with Crippen molar-refractivity contribution in [1.82, 2.24) is 49.8 Å². The molecular weight excluding hydrogens is 1240 g/mol. The highest BCUT2D eigenvalue weighted by Crippen LogP contribution is 2.33. The van der Waals surface area contributed by atoms with Crippen molar-refractivity contribution in [1.29, 1.82) is 0 Å². The Kier molecular flexibility index (Phi) is 39.2. The summed E-state index contributed by atoms with van der Waals surface area (Å²) in [6, 6.07) is 3.19. The number of rotatable bonds is 48. The summed E-state index contributed by atoms with van der Waals surface area (Å²) in [5.41, 5.74) is 30.0. The molecule has 1 aliphatic heterocycles. The molecule has 95 heavy (non-hydrogen) atoms. The molecule has 538 valence electrons. The Morgan fingerprint density at radius 1 is 0.495 bits per heavy atom. The van der Waals surface area contributed by atoms with Gasteiger partial charge in [-0.1, -0.05) is 58.4 Å². The molecule has 1 aromatic carbocycles. The molecule has 2 aliphatic carbocycles. The van der Waals surface area contributed by atoms with Gasteiger partial charge in [0.1, 0.15) is 25.7 Å². The molecule has 2 fully saturated rings. The molecule has 0 spiro atoms. The number of fused-ring (bicyclic) bond motifs is 1. The summed E-state index contributed by atoms with van der Waals surface area (Å²) in [6.45, 7) is 3.55. The zero-order chi connectivity index (χ0) is 69.5. The summed E-state index contributed by atoms with van der Waals surface area (Å²) in [5.74, 6) is -4.44. The fourth-order valence-corrected chi connectivity index (χ4v) is 12.2. The molecule has 2 saturated carbocycles.